The van der Waals surface area contributed by atoms with Crippen molar-refractivity contribution < 1.29 is 4.74 Å². The number of hydrogen-bond donors (Lipinski definition) is 1. The van der Waals surface area contributed by atoms with Crippen LogP contribution in [0.25, 0.3) is 0 Å². The number of ether oxygens (including phenoxy) is 1. The van der Waals surface area contributed by atoms with E-state index < -0.39 is 0 Å². The Bertz CT molecular complexity index is 177. The molecule has 0 saturated carbocycles. The van der Waals surface area contributed by atoms with E-state index in [1.165, 1.54) is 13.0 Å². The largest absolute Gasteiger partial charge is 0.380 e. The van der Waals surface area contributed by atoms with Crippen LogP contribution in [0.15, 0.2) is 0 Å². The summed E-state index contributed by atoms with van der Waals surface area (Å²) in [7, 11) is 4.33. The highest BCUT2D eigenvalue weighted by Gasteiger charge is 2.25. The van der Waals surface area contributed by atoms with Crippen molar-refractivity contribution in [3.63, 3.8) is 0 Å². The van der Waals surface area contributed by atoms with Gasteiger partial charge in [-0.05, 0) is 40.5 Å². The first-order valence-electron chi connectivity index (χ1n) is 5.87. The van der Waals surface area contributed by atoms with Gasteiger partial charge in [-0.25, -0.2) is 0 Å². The molecule has 0 aromatic heterocycles. The normalized spacial score (nSPS) is 27.6. The quantitative estimate of drug-likeness (QED) is 0.716. The molecule has 4 heteroatoms. The number of likely N-dealkylation sites (N-methyl/N-ethyl adjacent to an activating group) is 2. The van der Waals surface area contributed by atoms with Crippen molar-refractivity contribution in [1.82, 2.24) is 9.80 Å². The molecule has 1 saturated heterocycles. The molecule has 2 atom stereocenters. The van der Waals surface area contributed by atoms with Gasteiger partial charge >= 0.3 is 0 Å². The Morgan fingerprint density at radius 1 is 1.40 bits per heavy atom. The summed E-state index contributed by atoms with van der Waals surface area (Å²) < 4.78 is 5.40. The highest BCUT2D eigenvalue weighted by Crippen LogP contribution is 2.09. The Balaban J connectivity index is 2.47. The summed E-state index contributed by atoms with van der Waals surface area (Å²) in [5.74, 6) is 0. The predicted molar refractivity (Wildman–Crippen MR) is 63.0 cm³/mol. The summed E-state index contributed by atoms with van der Waals surface area (Å²) in [6.45, 7) is 6.77. The van der Waals surface area contributed by atoms with E-state index in [1.807, 2.05) is 6.92 Å². The molecule has 0 aliphatic carbocycles. The molecule has 0 aromatic carbocycles. The van der Waals surface area contributed by atoms with Crippen LogP contribution in [0.1, 0.15) is 13.3 Å². The van der Waals surface area contributed by atoms with E-state index in [2.05, 4.69) is 23.9 Å². The topological polar surface area (TPSA) is 41.7 Å². The predicted octanol–water partition coefficient (Wildman–Crippen LogP) is -0.0139. The van der Waals surface area contributed by atoms with E-state index in [4.69, 9.17) is 10.5 Å². The summed E-state index contributed by atoms with van der Waals surface area (Å²) in [6.07, 6.45) is 1.23. The Kier molecular flexibility index (Phi) is 5.53. The van der Waals surface area contributed by atoms with Gasteiger partial charge in [0.25, 0.3) is 0 Å². The third-order valence-corrected chi connectivity index (χ3v) is 3.12. The van der Waals surface area contributed by atoms with Crippen LogP contribution in [0, 0.1) is 0 Å². The fraction of sp³-hybridized carbons (Fsp3) is 1.00. The summed E-state index contributed by atoms with van der Waals surface area (Å²) >= 11 is 0. The van der Waals surface area contributed by atoms with Crippen LogP contribution >= 0.6 is 0 Å². The molecule has 15 heavy (non-hydrogen) atoms. The maximum atomic E-state index is 6.16. The fourth-order valence-corrected chi connectivity index (χ4v) is 2.13. The van der Waals surface area contributed by atoms with E-state index in [-0.39, 0.29) is 6.04 Å². The fourth-order valence-electron chi connectivity index (χ4n) is 2.13. The number of nitrogens with zero attached hydrogens (tertiary/aromatic N) is 2. The Morgan fingerprint density at radius 3 is 2.80 bits per heavy atom. The molecular formula is C11H25N3O. The van der Waals surface area contributed by atoms with Gasteiger partial charge in [-0.15, -0.1) is 0 Å². The van der Waals surface area contributed by atoms with Crippen LogP contribution in [-0.4, -0.2) is 68.8 Å². The lowest BCUT2D eigenvalue weighted by atomic mass is 10.1. The molecular weight excluding hydrogens is 190 g/mol. The first kappa shape index (κ1) is 12.9. The summed E-state index contributed by atoms with van der Waals surface area (Å²) in [5.41, 5.74) is 6.16. The SMILES string of the molecule is CCOCC(N)C1CN(C)CCCN1C. The van der Waals surface area contributed by atoms with Gasteiger partial charge in [0, 0.05) is 25.2 Å². The molecule has 1 aliphatic rings. The molecule has 2 unspecified atom stereocenters. The van der Waals surface area contributed by atoms with E-state index in [1.54, 1.807) is 0 Å². The van der Waals surface area contributed by atoms with Crippen LogP contribution in [0.2, 0.25) is 0 Å². The monoisotopic (exact) mass is 215 g/mol. The average Bonchev–Trinajstić information content (AvgIpc) is 2.37. The minimum absolute atomic E-state index is 0.121. The van der Waals surface area contributed by atoms with Crippen LogP contribution < -0.4 is 5.73 Å². The summed E-state index contributed by atoms with van der Waals surface area (Å²) in [4.78, 5) is 4.73. The zero-order valence-electron chi connectivity index (χ0n) is 10.3. The third-order valence-electron chi connectivity index (χ3n) is 3.12. The van der Waals surface area contributed by atoms with E-state index in [0.717, 1.165) is 19.7 Å². The number of rotatable bonds is 4. The first-order chi connectivity index (χ1) is 7.15. The molecule has 1 heterocycles. The van der Waals surface area contributed by atoms with E-state index in [9.17, 15) is 0 Å². The Morgan fingerprint density at radius 2 is 2.13 bits per heavy atom. The van der Waals surface area contributed by atoms with Crippen molar-refractivity contribution in [1.29, 1.82) is 0 Å². The van der Waals surface area contributed by atoms with Gasteiger partial charge in [0.1, 0.15) is 0 Å². The maximum Gasteiger partial charge on any atom is 0.0633 e. The minimum atomic E-state index is 0.121. The lowest BCUT2D eigenvalue weighted by Crippen LogP contribution is -2.52. The molecule has 2 N–H and O–H groups in total. The van der Waals surface area contributed by atoms with Crippen molar-refractivity contribution in [2.75, 3.05) is 46.9 Å². The van der Waals surface area contributed by atoms with Gasteiger partial charge < -0.3 is 20.3 Å². The summed E-state index contributed by atoms with van der Waals surface area (Å²) in [6, 6.07) is 0.541. The second-order valence-electron chi connectivity index (χ2n) is 4.49. The smallest absolute Gasteiger partial charge is 0.0633 e. The van der Waals surface area contributed by atoms with Crippen LogP contribution in [0.4, 0.5) is 0 Å². The van der Waals surface area contributed by atoms with Crippen molar-refractivity contribution in [2.24, 2.45) is 5.73 Å². The first-order valence-corrected chi connectivity index (χ1v) is 5.87. The van der Waals surface area contributed by atoms with Gasteiger partial charge in [-0.1, -0.05) is 0 Å². The van der Waals surface area contributed by atoms with Gasteiger partial charge in [0.2, 0.25) is 0 Å². The molecule has 1 rings (SSSR count). The Labute approximate surface area is 93.4 Å². The van der Waals surface area contributed by atoms with Crippen molar-refractivity contribution in [2.45, 2.75) is 25.4 Å². The second-order valence-corrected chi connectivity index (χ2v) is 4.49. The average molecular weight is 215 g/mol. The van der Waals surface area contributed by atoms with Crippen LogP contribution in [0.5, 0.6) is 0 Å². The van der Waals surface area contributed by atoms with Crippen LogP contribution in [-0.2, 0) is 4.74 Å². The lowest BCUT2D eigenvalue weighted by molar-refractivity contribution is 0.0924. The number of hydrogen-bond acceptors (Lipinski definition) is 4. The van der Waals surface area contributed by atoms with Crippen molar-refractivity contribution in [3.05, 3.63) is 0 Å². The number of nitrogens with two attached hydrogens (primary N) is 1. The van der Waals surface area contributed by atoms with E-state index in [0.29, 0.717) is 12.6 Å². The minimum Gasteiger partial charge on any atom is -0.380 e. The molecule has 0 radical (unpaired) electrons. The molecule has 90 valence electrons. The highest BCUT2D eigenvalue weighted by atomic mass is 16.5. The van der Waals surface area contributed by atoms with Crippen LogP contribution in [0.3, 0.4) is 0 Å². The molecule has 0 spiro atoms. The van der Waals surface area contributed by atoms with Gasteiger partial charge in [-0.3, -0.25) is 0 Å². The molecule has 0 amide bonds. The molecule has 0 aromatic rings. The standard InChI is InChI=1S/C11H25N3O/c1-4-15-9-10(12)11-8-13(2)6-5-7-14(11)3/h10-11H,4-9,12H2,1-3H3. The maximum absolute atomic E-state index is 6.16. The molecule has 0 bridgehead atoms. The highest BCUT2D eigenvalue weighted by molar-refractivity contribution is 4.85. The lowest BCUT2D eigenvalue weighted by Gasteiger charge is -2.32. The zero-order valence-corrected chi connectivity index (χ0v) is 10.3. The Hall–Kier alpha value is -0.160. The van der Waals surface area contributed by atoms with Crippen molar-refractivity contribution in [3.8, 4) is 0 Å². The zero-order chi connectivity index (χ0) is 11.3. The molecule has 4 nitrogen and oxygen atoms in total. The van der Waals surface area contributed by atoms with E-state index >= 15 is 0 Å². The molecule has 1 aliphatic heterocycles. The van der Waals surface area contributed by atoms with Gasteiger partial charge in [0.15, 0.2) is 0 Å². The second kappa shape index (κ2) is 6.43. The van der Waals surface area contributed by atoms with Gasteiger partial charge in [-0.2, -0.15) is 0 Å². The molecule has 1 fully saturated rings. The van der Waals surface area contributed by atoms with Crippen molar-refractivity contribution >= 4 is 0 Å². The third kappa shape index (κ3) is 4.07. The van der Waals surface area contributed by atoms with Gasteiger partial charge in [0.05, 0.1) is 6.61 Å². The summed E-state index contributed by atoms with van der Waals surface area (Å²) in [5, 5.41) is 0.